The van der Waals surface area contributed by atoms with Crippen LogP contribution in [0.15, 0.2) is 65.6 Å². The fourth-order valence-corrected chi connectivity index (χ4v) is 5.21. The average Bonchev–Trinajstić information content (AvgIpc) is 3.15. The highest BCUT2D eigenvalue weighted by Gasteiger charge is 2.24. The van der Waals surface area contributed by atoms with Gasteiger partial charge in [0.25, 0.3) is 15.9 Å². The van der Waals surface area contributed by atoms with Crippen LogP contribution in [-0.2, 0) is 10.0 Å². The number of thiazole rings is 1. The second kappa shape index (κ2) is 8.45. The first-order valence-electron chi connectivity index (χ1n) is 9.06. The molecule has 1 heterocycles. The number of sulfonamides is 1. The van der Waals surface area contributed by atoms with Gasteiger partial charge in [-0.15, -0.1) is 0 Å². The van der Waals surface area contributed by atoms with E-state index in [9.17, 15) is 22.0 Å². The van der Waals surface area contributed by atoms with E-state index >= 15 is 0 Å². The largest absolute Gasteiger partial charge is 0.298 e. The van der Waals surface area contributed by atoms with E-state index in [0.29, 0.717) is 10.2 Å². The van der Waals surface area contributed by atoms with Crippen molar-refractivity contribution in [2.75, 3.05) is 16.7 Å². The fraction of sp³-hybridized carbons (Fsp3) is 0.0476. The SMILES string of the molecule is CN(c1ccc(F)cc1)S(=O)(=O)c1ccc(Cl)c(C(=O)Nc2nc3ccc(F)cc3s2)c1. The van der Waals surface area contributed by atoms with Crippen molar-refractivity contribution in [2.24, 2.45) is 0 Å². The zero-order valence-corrected chi connectivity index (χ0v) is 18.7. The Morgan fingerprint density at radius 3 is 2.44 bits per heavy atom. The smallest absolute Gasteiger partial charge is 0.264 e. The van der Waals surface area contributed by atoms with Gasteiger partial charge < -0.3 is 0 Å². The van der Waals surface area contributed by atoms with E-state index in [4.69, 9.17) is 11.6 Å². The second-order valence-electron chi connectivity index (χ2n) is 6.68. The molecule has 1 N–H and O–H groups in total. The molecule has 4 rings (SSSR count). The van der Waals surface area contributed by atoms with E-state index in [1.165, 1.54) is 49.5 Å². The summed E-state index contributed by atoms with van der Waals surface area (Å²) in [6.45, 7) is 0. The Bertz CT molecular complexity index is 1440. The number of benzene rings is 3. The molecule has 0 atom stereocenters. The third kappa shape index (κ3) is 4.29. The van der Waals surface area contributed by atoms with Gasteiger partial charge in [-0.25, -0.2) is 22.2 Å². The van der Waals surface area contributed by atoms with Gasteiger partial charge in [0.05, 0.1) is 31.4 Å². The third-order valence-electron chi connectivity index (χ3n) is 4.60. The van der Waals surface area contributed by atoms with Crippen molar-refractivity contribution >= 4 is 59.9 Å². The third-order valence-corrected chi connectivity index (χ3v) is 7.65. The molecule has 1 aromatic heterocycles. The van der Waals surface area contributed by atoms with Gasteiger partial charge in [0.2, 0.25) is 0 Å². The van der Waals surface area contributed by atoms with Crippen LogP contribution in [0.5, 0.6) is 0 Å². The van der Waals surface area contributed by atoms with Crippen molar-refractivity contribution in [3.8, 4) is 0 Å². The summed E-state index contributed by atoms with van der Waals surface area (Å²) in [6, 6.07) is 12.7. The predicted molar refractivity (Wildman–Crippen MR) is 121 cm³/mol. The monoisotopic (exact) mass is 493 g/mol. The van der Waals surface area contributed by atoms with Crippen LogP contribution in [0.2, 0.25) is 5.02 Å². The molecule has 0 bridgehead atoms. The van der Waals surface area contributed by atoms with E-state index in [-0.39, 0.29) is 26.3 Å². The topological polar surface area (TPSA) is 79.4 Å². The molecule has 0 aliphatic carbocycles. The van der Waals surface area contributed by atoms with E-state index in [1.54, 1.807) is 0 Å². The zero-order chi connectivity index (χ0) is 23.0. The summed E-state index contributed by atoms with van der Waals surface area (Å²) in [4.78, 5) is 16.8. The fourth-order valence-electron chi connectivity index (χ4n) is 2.90. The number of rotatable bonds is 5. The maximum atomic E-state index is 13.4. The highest BCUT2D eigenvalue weighted by molar-refractivity contribution is 7.92. The molecule has 0 saturated heterocycles. The molecule has 32 heavy (non-hydrogen) atoms. The molecule has 4 aromatic rings. The van der Waals surface area contributed by atoms with Crippen molar-refractivity contribution in [1.29, 1.82) is 0 Å². The minimum absolute atomic E-state index is 0.0399. The first kappa shape index (κ1) is 22.1. The van der Waals surface area contributed by atoms with E-state index in [1.807, 2.05) is 0 Å². The summed E-state index contributed by atoms with van der Waals surface area (Å²) in [5.74, 6) is -1.59. The molecule has 0 fully saturated rings. The van der Waals surface area contributed by atoms with Crippen LogP contribution >= 0.6 is 22.9 Å². The predicted octanol–water partition coefficient (Wildman–Crippen LogP) is 5.31. The first-order valence-corrected chi connectivity index (χ1v) is 11.7. The number of amides is 1. The lowest BCUT2D eigenvalue weighted by atomic mass is 10.2. The van der Waals surface area contributed by atoms with Crippen LogP contribution in [-0.4, -0.2) is 26.4 Å². The lowest BCUT2D eigenvalue weighted by Crippen LogP contribution is -2.27. The van der Waals surface area contributed by atoms with Crippen molar-refractivity contribution in [3.63, 3.8) is 0 Å². The first-order chi connectivity index (χ1) is 15.1. The van der Waals surface area contributed by atoms with Crippen LogP contribution in [0, 0.1) is 11.6 Å². The Hall–Kier alpha value is -3.08. The van der Waals surface area contributed by atoms with Gasteiger partial charge in [-0.05, 0) is 60.7 Å². The molecule has 11 heteroatoms. The van der Waals surface area contributed by atoms with Gasteiger partial charge in [-0.1, -0.05) is 22.9 Å². The molecule has 3 aromatic carbocycles. The van der Waals surface area contributed by atoms with E-state index in [0.717, 1.165) is 33.8 Å². The number of aromatic nitrogens is 1. The number of hydrogen-bond acceptors (Lipinski definition) is 5. The maximum absolute atomic E-state index is 13.4. The molecule has 0 spiro atoms. The molecule has 0 saturated carbocycles. The Balaban J connectivity index is 1.63. The van der Waals surface area contributed by atoms with Crippen molar-refractivity contribution in [2.45, 2.75) is 4.90 Å². The number of hydrogen-bond donors (Lipinski definition) is 1. The standard InChI is InChI=1S/C21H14ClF2N3O3S2/c1-27(14-5-2-12(23)3-6-14)32(29,30)15-7-8-17(22)16(11-15)20(28)26-21-25-18-9-4-13(24)10-19(18)31-21/h2-11H,1H3,(H,25,26,28). The Labute approximate surface area is 191 Å². The molecule has 0 aliphatic rings. The maximum Gasteiger partial charge on any atom is 0.264 e. The molecule has 0 unspecified atom stereocenters. The van der Waals surface area contributed by atoms with Gasteiger partial charge in [0.15, 0.2) is 5.13 Å². The van der Waals surface area contributed by atoms with Crippen LogP contribution in [0.25, 0.3) is 10.2 Å². The number of halogens is 3. The summed E-state index contributed by atoms with van der Waals surface area (Å²) < 4.78 is 54.1. The van der Waals surface area contributed by atoms with Gasteiger partial charge in [0, 0.05) is 7.05 Å². The van der Waals surface area contributed by atoms with Crippen LogP contribution < -0.4 is 9.62 Å². The molecule has 6 nitrogen and oxygen atoms in total. The molecule has 1 amide bonds. The van der Waals surface area contributed by atoms with Crippen LogP contribution in [0.1, 0.15) is 10.4 Å². The highest BCUT2D eigenvalue weighted by Crippen LogP contribution is 2.29. The van der Waals surface area contributed by atoms with Crippen molar-refractivity contribution < 1.29 is 22.0 Å². The van der Waals surface area contributed by atoms with Crippen LogP contribution in [0.4, 0.5) is 19.6 Å². The lowest BCUT2D eigenvalue weighted by Gasteiger charge is -2.20. The van der Waals surface area contributed by atoms with Crippen LogP contribution in [0.3, 0.4) is 0 Å². The Morgan fingerprint density at radius 2 is 1.72 bits per heavy atom. The minimum Gasteiger partial charge on any atom is -0.298 e. The number of nitrogens with zero attached hydrogens (tertiary/aromatic N) is 2. The molecule has 0 aliphatic heterocycles. The molecular formula is C21H14ClF2N3O3S2. The van der Waals surface area contributed by atoms with E-state index < -0.39 is 27.6 Å². The van der Waals surface area contributed by atoms with Gasteiger partial charge in [-0.3, -0.25) is 14.4 Å². The number of carbonyl (C=O) groups is 1. The Morgan fingerprint density at radius 1 is 1.03 bits per heavy atom. The summed E-state index contributed by atoms with van der Waals surface area (Å²) in [5, 5.41) is 2.82. The summed E-state index contributed by atoms with van der Waals surface area (Å²) in [6.07, 6.45) is 0. The number of nitrogens with one attached hydrogen (secondary N) is 1. The molecule has 164 valence electrons. The second-order valence-corrected chi connectivity index (χ2v) is 10.1. The quantitative estimate of drug-likeness (QED) is 0.409. The number of fused-ring (bicyclic) bond motifs is 1. The Kier molecular flexibility index (Phi) is 5.85. The normalized spacial score (nSPS) is 11.5. The lowest BCUT2D eigenvalue weighted by molar-refractivity contribution is 0.102. The van der Waals surface area contributed by atoms with Gasteiger partial charge in [0.1, 0.15) is 11.6 Å². The van der Waals surface area contributed by atoms with E-state index in [2.05, 4.69) is 10.3 Å². The van der Waals surface area contributed by atoms with Crippen molar-refractivity contribution in [1.82, 2.24) is 4.98 Å². The summed E-state index contributed by atoms with van der Waals surface area (Å²) in [7, 11) is -2.74. The average molecular weight is 494 g/mol. The van der Waals surface area contributed by atoms with Gasteiger partial charge >= 0.3 is 0 Å². The number of carbonyl (C=O) groups excluding carboxylic acids is 1. The zero-order valence-electron chi connectivity index (χ0n) is 16.3. The molecular weight excluding hydrogens is 480 g/mol. The minimum atomic E-state index is -4.06. The number of anilines is 2. The summed E-state index contributed by atoms with van der Waals surface area (Å²) >= 11 is 7.21. The highest BCUT2D eigenvalue weighted by atomic mass is 35.5. The van der Waals surface area contributed by atoms with Crippen molar-refractivity contribution in [3.05, 3.63) is 82.9 Å². The van der Waals surface area contributed by atoms with Gasteiger partial charge in [-0.2, -0.15) is 0 Å². The summed E-state index contributed by atoms with van der Waals surface area (Å²) in [5.41, 5.74) is 0.676. The molecule has 0 radical (unpaired) electrons.